The maximum atomic E-state index is 2.70. The van der Waals surface area contributed by atoms with Gasteiger partial charge >= 0.3 is 5.96 Å². The van der Waals surface area contributed by atoms with Crippen molar-refractivity contribution in [2.75, 3.05) is 39.3 Å². The van der Waals surface area contributed by atoms with Gasteiger partial charge in [0.2, 0.25) is 0 Å². The van der Waals surface area contributed by atoms with Gasteiger partial charge in [0.15, 0.2) is 0 Å². The Kier molecular flexibility index (Phi) is 19.7. The van der Waals surface area contributed by atoms with E-state index in [2.05, 4.69) is 55.9 Å². The van der Waals surface area contributed by atoms with Gasteiger partial charge in [-0.25, -0.2) is 0 Å². The van der Waals surface area contributed by atoms with E-state index in [9.17, 15) is 0 Å². The Morgan fingerprint density at radius 1 is 0.600 bits per heavy atom. The van der Waals surface area contributed by atoms with Crippen molar-refractivity contribution in [3.05, 3.63) is 0 Å². The zero-order valence-corrected chi connectivity index (χ0v) is 18.9. The van der Waals surface area contributed by atoms with Crippen LogP contribution >= 0.6 is 0 Å². The fourth-order valence-corrected chi connectivity index (χ4v) is 3.13. The SMILES string of the molecule is CCCCN(CCCC)C(N(CC)CC)=[N+](CCCC)CCCC.[Cl-]. The largest absolute Gasteiger partial charge is 1.00 e. The Morgan fingerprint density at radius 2 is 1.00 bits per heavy atom. The predicted octanol–water partition coefficient (Wildman–Crippen LogP) is 2.20. The van der Waals surface area contributed by atoms with Gasteiger partial charge in [0, 0.05) is 0 Å². The Hall–Kier alpha value is -0.440. The third-order valence-electron chi connectivity index (χ3n) is 4.74. The van der Waals surface area contributed by atoms with Crippen LogP contribution in [0.15, 0.2) is 0 Å². The fourth-order valence-electron chi connectivity index (χ4n) is 3.13. The summed E-state index contributed by atoms with van der Waals surface area (Å²) in [5.41, 5.74) is 0. The topological polar surface area (TPSA) is 9.49 Å². The summed E-state index contributed by atoms with van der Waals surface area (Å²) in [6, 6.07) is 0. The van der Waals surface area contributed by atoms with E-state index in [-0.39, 0.29) is 12.4 Å². The Bertz CT molecular complexity index is 296. The molecule has 4 heteroatoms. The molecule has 0 aliphatic heterocycles. The first-order valence-corrected chi connectivity index (χ1v) is 10.8. The number of guanidine groups is 1. The van der Waals surface area contributed by atoms with Crippen molar-refractivity contribution in [2.24, 2.45) is 0 Å². The first-order valence-electron chi connectivity index (χ1n) is 10.8. The lowest BCUT2D eigenvalue weighted by Crippen LogP contribution is -3.00. The number of unbranched alkanes of at least 4 members (excludes halogenated alkanes) is 4. The van der Waals surface area contributed by atoms with Crippen LogP contribution in [0, 0.1) is 0 Å². The molecule has 0 heterocycles. The van der Waals surface area contributed by atoms with Crippen molar-refractivity contribution >= 4 is 5.96 Å². The molecule has 0 spiro atoms. The van der Waals surface area contributed by atoms with E-state index in [0.717, 1.165) is 13.1 Å². The lowest BCUT2D eigenvalue weighted by molar-refractivity contribution is -0.539. The average molecular weight is 376 g/mol. The molecule has 0 aliphatic carbocycles. The molecule has 0 aromatic heterocycles. The highest BCUT2D eigenvalue weighted by atomic mass is 35.5. The molecule has 0 rings (SSSR count). The summed E-state index contributed by atoms with van der Waals surface area (Å²) in [6.07, 6.45) is 10.3. The minimum Gasteiger partial charge on any atom is -1.00 e. The molecular weight excluding hydrogens is 330 g/mol. The zero-order chi connectivity index (χ0) is 18.2. The van der Waals surface area contributed by atoms with Crippen LogP contribution in [-0.4, -0.2) is 59.6 Å². The van der Waals surface area contributed by atoms with Gasteiger partial charge in [0.05, 0.1) is 39.3 Å². The third kappa shape index (κ3) is 11.0. The summed E-state index contributed by atoms with van der Waals surface area (Å²) in [5, 5.41) is 0. The average Bonchev–Trinajstić information content (AvgIpc) is 2.61. The molecule has 0 N–H and O–H groups in total. The molecule has 0 saturated heterocycles. The van der Waals surface area contributed by atoms with E-state index in [1.807, 2.05) is 0 Å². The minimum absolute atomic E-state index is 0. The van der Waals surface area contributed by atoms with Crippen molar-refractivity contribution in [2.45, 2.75) is 92.9 Å². The minimum atomic E-state index is 0. The maximum Gasteiger partial charge on any atom is 0.350 e. The van der Waals surface area contributed by atoms with Crippen LogP contribution < -0.4 is 12.4 Å². The quantitative estimate of drug-likeness (QED) is 0.261. The van der Waals surface area contributed by atoms with Gasteiger partial charge in [-0.1, -0.05) is 53.4 Å². The molecule has 0 radical (unpaired) electrons. The molecule has 0 amide bonds. The van der Waals surface area contributed by atoms with E-state index in [0.29, 0.717) is 0 Å². The van der Waals surface area contributed by atoms with Crippen LogP contribution in [0.5, 0.6) is 0 Å². The summed E-state index contributed by atoms with van der Waals surface area (Å²) in [4.78, 5) is 5.29. The molecule has 152 valence electrons. The third-order valence-corrected chi connectivity index (χ3v) is 4.74. The molecule has 3 nitrogen and oxygen atoms in total. The second-order valence-electron chi connectivity index (χ2n) is 6.86. The summed E-state index contributed by atoms with van der Waals surface area (Å²) < 4.78 is 2.70. The smallest absolute Gasteiger partial charge is 0.350 e. The van der Waals surface area contributed by atoms with Crippen LogP contribution in [0.25, 0.3) is 0 Å². The van der Waals surface area contributed by atoms with Gasteiger partial charge in [-0.15, -0.1) is 0 Å². The standard InChI is InChI=1S/C21H46N3.ClH/c1-7-13-17-23(18-14-8-2)21(22(11-5)12-6)24(19-15-9-3)20-16-10-4;/h7-20H2,1-6H3;1H/q+1;/p-1. The van der Waals surface area contributed by atoms with Crippen molar-refractivity contribution in [3.8, 4) is 0 Å². The van der Waals surface area contributed by atoms with Gasteiger partial charge in [-0.2, -0.15) is 0 Å². The Morgan fingerprint density at radius 3 is 1.32 bits per heavy atom. The van der Waals surface area contributed by atoms with Crippen LogP contribution in [0.1, 0.15) is 92.9 Å². The van der Waals surface area contributed by atoms with Crippen molar-refractivity contribution in [1.29, 1.82) is 0 Å². The van der Waals surface area contributed by atoms with Gasteiger partial charge < -0.3 is 12.4 Å². The van der Waals surface area contributed by atoms with E-state index in [4.69, 9.17) is 0 Å². The second-order valence-corrected chi connectivity index (χ2v) is 6.86. The highest BCUT2D eigenvalue weighted by Crippen LogP contribution is 2.08. The number of halogens is 1. The molecule has 25 heavy (non-hydrogen) atoms. The monoisotopic (exact) mass is 375 g/mol. The van der Waals surface area contributed by atoms with Crippen molar-refractivity contribution < 1.29 is 17.0 Å². The van der Waals surface area contributed by atoms with Gasteiger partial charge in [-0.3, -0.25) is 14.4 Å². The molecule has 0 aromatic rings. The molecule has 0 bridgehead atoms. The lowest BCUT2D eigenvalue weighted by Gasteiger charge is -2.30. The molecule has 0 aliphatic rings. The van der Waals surface area contributed by atoms with E-state index in [1.165, 1.54) is 83.5 Å². The maximum absolute atomic E-state index is 2.70. The molecule has 0 unspecified atom stereocenters. The number of hydrogen-bond acceptors (Lipinski definition) is 0. The van der Waals surface area contributed by atoms with Crippen LogP contribution in [-0.2, 0) is 0 Å². The van der Waals surface area contributed by atoms with E-state index in [1.54, 1.807) is 0 Å². The zero-order valence-electron chi connectivity index (χ0n) is 18.1. The highest BCUT2D eigenvalue weighted by Gasteiger charge is 2.26. The predicted molar refractivity (Wildman–Crippen MR) is 109 cm³/mol. The summed E-state index contributed by atoms with van der Waals surface area (Å²) in [6.45, 7) is 20.9. The van der Waals surface area contributed by atoms with Crippen LogP contribution in [0.3, 0.4) is 0 Å². The Labute approximate surface area is 165 Å². The highest BCUT2D eigenvalue weighted by molar-refractivity contribution is 5.75. The molecule has 0 saturated carbocycles. The molecule has 0 atom stereocenters. The fraction of sp³-hybridized carbons (Fsp3) is 0.952. The van der Waals surface area contributed by atoms with E-state index >= 15 is 0 Å². The van der Waals surface area contributed by atoms with Gasteiger partial charge in [-0.05, 0) is 39.5 Å². The van der Waals surface area contributed by atoms with Crippen LogP contribution in [0.2, 0.25) is 0 Å². The van der Waals surface area contributed by atoms with Crippen LogP contribution in [0.4, 0.5) is 0 Å². The van der Waals surface area contributed by atoms with Gasteiger partial charge in [0.1, 0.15) is 0 Å². The molecular formula is C21H46ClN3. The summed E-state index contributed by atoms with van der Waals surface area (Å²) in [5.74, 6) is 1.52. The molecule has 0 aromatic carbocycles. The van der Waals surface area contributed by atoms with E-state index < -0.39 is 0 Å². The number of rotatable bonds is 14. The second kappa shape index (κ2) is 18.4. The van der Waals surface area contributed by atoms with Gasteiger partial charge in [0.25, 0.3) is 0 Å². The van der Waals surface area contributed by atoms with Crippen molar-refractivity contribution in [1.82, 2.24) is 9.80 Å². The number of hydrogen-bond donors (Lipinski definition) is 0. The normalized spacial score (nSPS) is 10.3. The first kappa shape index (κ1) is 26.8. The lowest BCUT2D eigenvalue weighted by atomic mass is 10.2. The summed E-state index contributed by atoms with van der Waals surface area (Å²) in [7, 11) is 0. The Balaban J connectivity index is 0. The van der Waals surface area contributed by atoms with Crippen molar-refractivity contribution in [3.63, 3.8) is 0 Å². The summed E-state index contributed by atoms with van der Waals surface area (Å²) >= 11 is 0. The first-order chi connectivity index (χ1) is 11.7. The molecule has 0 fully saturated rings. The number of nitrogens with zero attached hydrogens (tertiary/aromatic N) is 3.